The summed E-state index contributed by atoms with van der Waals surface area (Å²) in [7, 11) is 3.33. The van der Waals surface area contributed by atoms with Crippen molar-refractivity contribution in [1.82, 2.24) is 20.2 Å². The molecule has 1 saturated carbocycles. The van der Waals surface area contributed by atoms with Gasteiger partial charge in [-0.15, -0.1) is 23.7 Å². The first-order valence-corrected chi connectivity index (χ1v) is 12.5. The van der Waals surface area contributed by atoms with Gasteiger partial charge in [-0.2, -0.15) is 0 Å². The summed E-state index contributed by atoms with van der Waals surface area (Å²) in [5.41, 5.74) is 7.18. The molecule has 1 fully saturated rings. The first kappa shape index (κ1) is 26.6. The van der Waals surface area contributed by atoms with Gasteiger partial charge in [0.1, 0.15) is 5.54 Å². The third kappa shape index (κ3) is 4.76. The van der Waals surface area contributed by atoms with Gasteiger partial charge in [0.15, 0.2) is 5.01 Å². The first-order chi connectivity index (χ1) is 16.7. The van der Waals surface area contributed by atoms with Crippen LogP contribution >= 0.6 is 35.3 Å². The zero-order valence-electron chi connectivity index (χ0n) is 19.8. The zero-order chi connectivity index (χ0) is 24.9. The van der Waals surface area contributed by atoms with Crippen LogP contribution in [0.2, 0.25) is 5.02 Å². The SMILES string of the molecule is COC(=O)C1CC(NC(=O)c2nc3c(s2)CN(C)CC3)C(N)(C(=O)c2cc3cc(Cl)ccc3[nH]2)C1.Cl. The number of carbonyl (C=O) groups excluding carboxylic acids is 3. The Balaban J connectivity index is 0.00000304. The molecule has 1 aliphatic carbocycles. The molecule has 0 spiro atoms. The Labute approximate surface area is 223 Å². The number of ether oxygens (including phenoxy) is 1. The van der Waals surface area contributed by atoms with Crippen molar-refractivity contribution in [3.8, 4) is 0 Å². The Morgan fingerprint density at radius 2 is 2.11 bits per heavy atom. The van der Waals surface area contributed by atoms with Crippen molar-refractivity contribution in [1.29, 1.82) is 0 Å². The third-order valence-electron chi connectivity index (χ3n) is 6.93. The minimum absolute atomic E-state index is 0. The molecule has 1 amide bonds. The lowest BCUT2D eigenvalue weighted by Crippen LogP contribution is -2.60. The number of nitrogens with two attached hydrogens (primary N) is 1. The molecular weight excluding hydrogens is 525 g/mol. The molecule has 2 aromatic heterocycles. The number of rotatable bonds is 5. The first-order valence-electron chi connectivity index (χ1n) is 11.4. The second-order valence-electron chi connectivity index (χ2n) is 9.35. The normalized spacial score (nSPS) is 23.7. The van der Waals surface area contributed by atoms with Crippen molar-refractivity contribution < 1.29 is 19.1 Å². The van der Waals surface area contributed by atoms with Crippen LogP contribution in [0, 0.1) is 5.92 Å². The molecule has 3 unspecified atom stereocenters. The van der Waals surface area contributed by atoms with E-state index in [1.54, 1.807) is 24.3 Å². The maximum absolute atomic E-state index is 13.7. The topological polar surface area (TPSA) is 130 Å². The van der Waals surface area contributed by atoms with Gasteiger partial charge in [0.05, 0.1) is 30.5 Å². The number of fused-ring (bicyclic) bond motifs is 2. The highest BCUT2D eigenvalue weighted by molar-refractivity contribution is 7.13. The van der Waals surface area contributed by atoms with Gasteiger partial charge in [-0.05, 0) is 44.2 Å². The third-order valence-corrected chi connectivity index (χ3v) is 8.25. The van der Waals surface area contributed by atoms with Crippen LogP contribution in [-0.2, 0) is 22.5 Å². The van der Waals surface area contributed by atoms with E-state index < -0.39 is 29.4 Å². The second-order valence-corrected chi connectivity index (χ2v) is 10.9. The van der Waals surface area contributed by atoms with Crippen molar-refractivity contribution in [3.05, 3.63) is 50.6 Å². The highest BCUT2D eigenvalue weighted by Gasteiger charge is 2.53. The molecule has 0 radical (unpaired) electrons. The number of benzene rings is 1. The predicted octanol–water partition coefficient (Wildman–Crippen LogP) is 2.95. The number of amides is 1. The van der Waals surface area contributed by atoms with Crippen LogP contribution in [0.4, 0.5) is 0 Å². The van der Waals surface area contributed by atoms with Crippen LogP contribution < -0.4 is 11.1 Å². The van der Waals surface area contributed by atoms with Crippen molar-refractivity contribution in [3.63, 3.8) is 0 Å². The standard InChI is InChI=1S/C24H26ClN5O4S.ClH/c1-30-6-5-16-18(11-30)35-22(28-16)21(32)29-19-9-13(23(33)34-2)10-24(19,26)20(31)17-8-12-7-14(25)3-4-15(12)27-17;/h3-4,7-8,13,19,27H,5-6,9-11,26H2,1-2H3,(H,29,32);1H. The van der Waals surface area contributed by atoms with Crippen LogP contribution in [0.3, 0.4) is 0 Å². The number of nitrogens with zero attached hydrogens (tertiary/aromatic N) is 2. The number of likely N-dealkylation sites (N-methyl/N-ethyl adjacent to an activating group) is 1. The number of aromatic amines is 1. The van der Waals surface area contributed by atoms with E-state index in [-0.39, 0.29) is 31.0 Å². The number of H-pyrrole nitrogens is 1. The number of hydrogen-bond acceptors (Lipinski definition) is 8. The van der Waals surface area contributed by atoms with E-state index in [1.807, 2.05) is 7.05 Å². The summed E-state index contributed by atoms with van der Waals surface area (Å²) < 4.78 is 4.92. The fourth-order valence-electron chi connectivity index (χ4n) is 5.03. The summed E-state index contributed by atoms with van der Waals surface area (Å²) in [4.78, 5) is 50.1. The lowest BCUT2D eigenvalue weighted by molar-refractivity contribution is -0.145. The quantitative estimate of drug-likeness (QED) is 0.328. The summed E-state index contributed by atoms with van der Waals surface area (Å²) in [6, 6.07) is 6.17. The van der Waals surface area contributed by atoms with Gasteiger partial charge in [0, 0.05) is 40.3 Å². The van der Waals surface area contributed by atoms with Crippen molar-refractivity contribution in [2.75, 3.05) is 20.7 Å². The predicted molar refractivity (Wildman–Crippen MR) is 140 cm³/mol. The molecule has 2 aliphatic rings. The molecule has 192 valence electrons. The number of aromatic nitrogens is 2. The van der Waals surface area contributed by atoms with Crippen LogP contribution in [0.15, 0.2) is 24.3 Å². The number of Topliss-reactive ketones (excluding diaryl/α,β-unsaturated/α-hetero) is 1. The van der Waals surface area contributed by atoms with E-state index in [2.05, 4.69) is 20.2 Å². The number of hydrogen-bond donors (Lipinski definition) is 3. The van der Waals surface area contributed by atoms with Gasteiger partial charge in [0.25, 0.3) is 5.91 Å². The number of thiazole rings is 1. The van der Waals surface area contributed by atoms with E-state index in [9.17, 15) is 14.4 Å². The number of carbonyl (C=O) groups is 3. The van der Waals surface area contributed by atoms with Crippen LogP contribution in [0.1, 0.15) is 43.7 Å². The summed E-state index contributed by atoms with van der Waals surface area (Å²) >= 11 is 7.44. The molecule has 0 saturated heterocycles. The van der Waals surface area contributed by atoms with E-state index in [0.717, 1.165) is 41.0 Å². The lowest BCUT2D eigenvalue weighted by atomic mass is 9.86. The monoisotopic (exact) mass is 551 g/mol. The zero-order valence-corrected chi connectivity index (χ0v) is 22.2. The average molecular weight is 552 g/mol. The Kier molecular flexibility index (Phi) is 7.45. The smallest absolute Gasteiger partial charge is 0.308 e. The largest absolute Gasteiger partial charge is 0.469 e. The molecule has 1 aromatic carbocycles. The molecule has 3 aromatic rings. The van der Waals surface area contributed by atoms with Gasteiger partial charge in [0.2, 0.25) is 5.78 Å². The molecule has 3 heterocycles. The molecule has 0 bridgehead atoms. The Morgan fingerprint density at radius 1 is 1.33 bits per heavy atom. The van der Waals surface area contributed by atoms with E-state index in [1.165, 1.54) is 18.4 Å². The summed E-state index contributed by atoms with van der Waals surface area (Å²) in [5.74, 6) is -1.85. The second kappa shape index (κ2) is 10.1. The number of methoxy groups -OCH3 is 1. The number of ketones is 1. The molecule has 4 N–H and O–H groups in total. The average Bonchev–Trinajstić information content (AvgIpc) is 3.53. The van der Waals surface area contributed by atoms with Gasteiger partial charge in [-0.3, -0.25) is 14.4 Å². The fourth-order valence-corrected chi connectivity index (χ4v) is 6.30. The fraction of sp³-hybridized carbons (Fsp3) is 0.417. The van der Waals surface area contributed by atoms with Crippen LogP contribution in [0.25, 0.3) is 10.9 Å². The maximum atomic E-state index is 13.7. The van der Waals surface area contributed by atoms with E-state index in [0.29, 0.717) is 15.7 Å². The van der Waals surface area contributed by atoms with Crippen LogP contribution in [0.5, 0.6) is 0 Å². The molecule has 5 rings (SSSR count). The lowest BCUT2D eigenvalue weighted by Gasteiger charge is -2.29. The number of esters is 1. The highest BCUT2D eigenvalue weighted by Crippen LogP contribution is 2.37. The number of nitrogens with one attached hydrogen (secondary N) is 2. The molecule has 12 heteroatoms. The Bertz CT molecular complexity index is 1340. The highest BCUT2D eigenvalue weighted by atomic mass is 35.5. The molecule has 36 heavy (non-hydrogen) atoms. The van der Waals surface area contributed by atoms with Gasteiger partial charge >= 0.3 is 5.97 Å². The van der Waals surface area contributed by atoms with Gasteiger partial charge in [-0.1, -0.05) is 11.6 Å². The van der Waals surface area contributed by atoms with Crippen molar-refractivity contribution in [2.24, 2.45) is 11.7 Å². The molecular formula is C24H27Cl2N5O4S. The van der Waals surface area contributed by atoms with E-state index in [4.69, 9.17) is 22.1 Å². The van der Waals surface area contributed by atoms with Gasteiger partial charge < -0.3 is 25.7 Å². The molecule has 3 atom stereocenters. The summed E-state index contributed by atoms with van der Waals surface area (Å²) in [5, 5.41) is 4.57. The summed E-state index contributed by atoms with van der Waals surface area (Å²) in [6.45, 7) is 1.63. The Hall–Kier alpha value is -2.50. The number of halogens is 2. The molecule has 1 aliphatic heterocycles. The van der Waals surface area contributed by atoms with Gasteiger partial charge in [-0.25, -0.2) is 4.98 Å². The minimum Gasteiger partial charge on any atom is -0.469 e. The Morgan fingerprint density at radius 3 is 2.86 bits per heavy atom. The van der Waals surface area contributed by atoms with E-state index >= 15 is 0 Å². The molecule has 9 nitrogen and oxygen atoms in total. The summed E-state index contributed by atoms with van der Waals surface area (Å²) in [6.07, 6.45) is 1.03. The van der Waals surface area contributed by atoms with Crippen molar-refractivity contribution >= 4 is 63.9 Å². The van der Waals surface area contributed by atoms with Crippen LogP contribution in [-0.4, -0.2) is 64.8 Å². The minimum atomic E-state index is -1.50. The maximum Gasteiger partial charge on any atom is 0.308 e. The van der Waals surface area contributed by atoms with Crippen molar-refractivity contribution in [2.45, 2.75) is 37.4 Å².